The number of nitrogens with zero attached hydrogens (tertiary/aromatic N) is 1. The van der Waals surface area contributed by atoms with Gasteiger partial charge in [-0.05, 0) is 60.9 Å². The van der Waals surface area contributed by atoms with Crippen LogP contribution in [-0.4, -0.2) is 4.57 Å². The predicted octanol–water partition coefficient (Wildman–Crippen LogP) is 8.33. The molecule has 172 valence electrons. The Bertz CT molecular complexity index is 1980. The maximum atomic E-state index is 13.1. The summed E-state index contributed by atoms with van der Waals surface area (Å²) in [6.45, 7) is 4.34. The highest BCUT2D eigenvalue weighted by molar-refractivity contribution is 6.11. The van der Waals surface area contributed by atoms with Crippen molar-refractivity contribution in [1.82, 2.24) is 4.57 Å². The SMILES string of the molecule is Cc1cccc2c3cccc(C)c3n(-c3ccccc3-c3ccc4c(=O)c5ccccc5oc4c3)c12. The van der Waals surface area contributed by atoms with Crippen molar-refractivity contribution in [3.63, 3.8) is 0 Å². The molecule has 5 aromatic carbocycles. The lowest BCUT2D eigenvalue weighted by Gasteiger charge is -2.16. The molecule has 0 fully saturated rings. The van der Waals surface area contributed by atoms with Crippen LogP contribution in [-0.2, 0) is 0 Å². The van der Waals surface area contributed by atoms with Gasteiger partial charge < -0.3 is 8.98 Å². The van der Waals surface area contributed by atoms with Crippen molar-refractivity contribution >= 4 is 43.7 Å². The summed E-state index contributed by atoms with van der Waals surface area (Å²) in [4.78, 5) is 13.1. The van der Waals surface area contributed by atoms with E-state index in [-0.39, 0.29) is 5.43 Å². The number of aromatic nitrogens is 1. The minimum absolute atomic E-state index is 0.000308. The lowest BCUT2D eigenvalue weighted by Crippen LogP contribution is -2.02. The second-order valence-corrected chi connectivity index (χ2v) is 9.43. The highest BCUT2D eigenvalue weighted by atomic mass is 16.3. The van der Waals surface area contributed by atoms with E-state index >= 15 is 0 Å². The van der Waals surface area contributed by atoms with Crippen molar-refractivity contribution in [2.45, 2.75) is 13.8 Å². The third-order valence-electron chi connectivity index (χ3n) is 7.25. The molecule has 0 unspecified atom stereocenters. The number of hydrogen-bond donors (Lipinski definition) is 0. The zero-order valence-corrected chi connectivity index (χ0v) is 20.1. The highest BCUT2D eigenvalue weighted by Gasteiger charge is 2.18. The molecular formula is C33H23NO2. The molecule has 0 atom stereocenters. The maximum absolute atomic E-state index is 13.1. The van der Waals surface area contributed by atoms with E-state index in [0.717, 1.165) is 16.8 Å². The van der Waals surface area contributed by atoms with Crippen LogP contribution in [0.2, 0.25) is 0 Å². The molecule has 0 bridgehead atoms. The normalized spacial score (nSPS) is 11.7. The molecule has 0 aliphatic heterocycles. The molecule has 0 amide bonds. The summed E-state index contributed by atoms with van der Waals surface area (Å²) in [5.41, 5.74) is 9.29. The van der Waals surface area contributed by atoms with Gasteiger partial charge in [-0.25, -0.2) is 0 Å². The van der Waals surface area contributed by atoms with Gasteiger partial charge in [-0.3, -0.25) is 4.79 Å². The Morgan fingerprint density at radius 2 is 1.19 bits per heavy atom. The number of para-hydroxylation sites is 4. The lowest BCUT2D eigenvalue weighted by molar-refractivity contribution is 0.660. The van der Waals surface area contributed by atoms with Crippen molar-refractivity contribution < 1.29 is 4.42 Å². The number of fused-ring (bicyclic) bond motifs is 5. The van der Waals surface area contributed by atoms with Gasteiger partial charge in [0.25, 0.3) is 0 Å². The lowest BCUT2D eigenvalue weighted by atomic mass is 10.0. The van der Waals surface area contributed by atoms with Gasteiger partial charge in [0.1, 0.15) is 11.2 Å². The smallest absolute Gasteiger partial charge is 0.200 e. The molecule has 0 aliphatic carbocycles. The molecule has 7 rings (SSSR count). The van der Waals surface area contributed by atoms with Crippen LogP contribution in [0.5, 0.6) is 0 Å². The third kappa shape index (κ3) is 2.89. The van der Waals surface area contributed by atoms with Gasteiger partial charge in [-0.2, -0.15) is 0 Å². The number of hydrogen-bond acceptors (Lipinski definition) is 2. The second kappa shape index (κ2) is 7.69. The number of rotatable bonds is 2. The summed E-state index contributed by atoms with van der Waals surface area (Å²) >= 11 is 0. The van der Waals surface area contributed by atoms with Gasteiger partial charge in [0, 0.05) is 16.3 Å². The molecule has 3 nitrogen and oxygen atoms in total. The van der Waals surface area contributed by atoms with Crippen LogP contribution in [0.25, 0.3) is 60.6 Å². The number of benzene rings is 5. The first kappa shape index (κ1) is 20.7. The molecule has 3 heteroatoms. The van der Waals surface area contributed by atoms with Crippen molar-refractivity contribution in [3.8, 4) is 16.8 Å². The zero-order chi connectivity index (χ0) is 24.4. The van der Waals surface area contributed by atoms with E-state index in [0.29, 0.717) is 21.9 Å². The maximum Gasteiger partial charge on any atom is 0.200 e. The van der Waals surface area contributed by atoms with Crippen molar-refractivity contribution in [2.75, 3.05) is 0 Å². The van der Waals surface area contributed by atoms with Crippen molar-refractivity contribution in [2.24, 2.45) is 0 Å². The van der Waals surface area contributed by atoms with Crippen LogP contribution in [0.1, 0.15) is 11.1 Å². The molecule has 0 saturated heterocycles. The monoisotopic (exact) mass is 465 g/mol. The van der Waals surface area contributed by atoms with Crippen LogP contribution in [0.15, 0.2) is 112 Å². The fourth-order valence-electron chi connectivity index (χ4n) is 5.58. The van der Waals surface area contributed by atoms with Gasteiger partial charge in [0.05, 0.1) is 27.5 Å². The first-order chi connectivity index (χ1) is 17.6. The summed E-state index contributed by atoms with van der Waals surface area (Å²) in [6, 6.07) is 34.8. The molecule has 2 heterocycles. The molecule has 2 aromatic heterocycles. The largest absolute Gasteiger partial charge is 0.456 e. The van der Waals surface area contributed by atoms with Gasteiger partial charge in [-0.1, -0.05) is 72.8 Å². The second-order valence-electron chi connectivity index (χ2n) is 9.43. The average molecular weight is 466 g/mol. The fraction of sp³-hybridized carbons (Fsp3) is 0.0606. The first-order valence-corrected chi connectivity index (χ1v) is 12.2. The standard InChI is InChI=1S/C33H23NO2/c1-20-9-7-13-24-25-14-8-10-21(2)32(25)34(31(20)24)28-15-5-3-11-23(28)22-17-18-27-30(19-22)36-29-16-6-4-12-26(29)33(27)35/h3-19H,1-2H3. The molecule has 0 spiro atoms. The van der Waals surface area contributed by atoms with E-state index in [9.17, 15) is 4.79 Å². The summed E-state index contributed by atoms with van der Waals surface area (Å²) < 4.78 is 8.59. The Balaban J connectivity index is 1.56. The van der Waals surface area contributed by atoms with Crippen LogP contribution in [0.3, 0.4) is 0 Å². The Hall–Kier alpha value is -4.63. The summed E-state index contributed by atoms with van der Waals surface area (Å²) in [5, 5.41) is 3.70. The van der Waals surface area contributed by atoms with Crippen LogP contribution in [0.4, 0.5) is 0 Å². The van der Waals surface area contributed by atoms with Gasteiger partial charge in [0.15, 0.2) is 0 Å². The predicted molar refractivity (Wildman–Crippen MR) is 149 cm³/mol. The van der Waals surface area contributed by atoms with E-state index in [2.05, 4.69) is 79.1 Å². The first-order valence-electron chi connectivity index (χ1n) is 12.2. The molecule has 7 aromatic rings. The van der Waals surface area contributed by atoms with Gasteiger partial charge in [0.2, 0.25) is 5.43 Å². The fourth-order valence-corrected chi connectivity index (χ4v) is 5.58. The minimum atomic E-state index is 0.000308. The van der Waals surface area contributed by atoms with Crippen LogP contribution < -0.4 is 5.43 Å². The summed E-state index contributed by atoms with van der Waals surface area (Å²) in [7, 11) is 0. The molecule has 0 saturated carbocycles. The Morgan fingerprint density at radius 3 is 1.94 bits per heavy atom. The Kier molecular flexibility index (Phi) is 4.43. The third-order valence-corrected chi connectivity index (χ3v) is 7.25. The van der Waals surface area contributed by atoms with Crippen molar-refractivity contribution in [3.05, 3.63) is 124 Å². The molecular weight excluding hydrogens is 442 g/mol. The van der Waals surface area contributed by atoms with E-state index in [1.165, 1.54) is 32.9 Å². The Labute approximate surface area is 207 Å². The molecule has 0 N–H and O–H groups in total. The highest BCUT2D eigenvalue weighted by Crippen LogP contribution is 2.39. The van der Waals surface area contributed by atoms with E-state index in [1.807, 2.05) is 42.5 Å². The quantitative estimate of drug-likeness (QED) is 0.241. The Morgan fingerprint density at radius 1 is 0.583 bits per heavy atom. The average Bonchev–Trinajstić information content (AvgIpc) is 3.25. The van der Waals surface area contributed by atoms with Gasteiger partial charge in [-0.15, -0.1) is 0 Å². The van der Waals surface area contributed by atoms with E-state index < -0.39 is 0 Å². The van der Waals surface area contributed by atoms with Crippen LogP contribution >= 0.6 is 0 Å². The van der Waals surface area contributed by atoms with E-state index in [1.54, 1.807) is 0 Å². The van der Waals surface area contributed by atoms with E-state index in [4.69, 9.17) is 4.42 Å². The minimum Gasteiger partial charge on any atom is -0.456 e. The topological polar surface area (TPSA) is 35.1 Å². The van der Waals surface area contributed by atoms with Crippen LogP contribution in [0, 0.1) is 13.8 Å². The van der Waals surface area contributed by atoms with Crippen molar-refractivity contribution in [1.29, 1.82) is 0 Å². The zero-order valence-electron chi connectivity index (χ0n) is 20.1. The summed E-state index contributed by atoms with van der Waals surface area (Å²) in [6.07, 6.45) is 0. The number of aryl methyl sites for hydroxylation is 2. The molecule has 0 radical (unpaired) electrons. The van der Waals surface area contributed by atoms with Gasteiger partial charge >= 0.3 is 0 Å². The molecule has 36 heavy (non-hydrogen) atoms. The summed E-state index contributed by atoms with van der Waals surface area (Å²) in [5.74, 6) is 0. The molecule has 0 aliphatic rings.